The molecule has 3 aliphatic heterocycles. The summed E-state index contributed by atoms with van der Waals surface area (Å²) in [6.45, 7) is 4.57. The van der Waals surface area contributed by atoms with Gasteiger partial charge in [-0.1, -0.05) is 11.8 Å². The maximum Gasteiger partial charge on any atom is 0.407 e. The van der Waals surface area contributed by atoms with Crippen molar-refractivity contribution in [2.45, 2.75) is 56.3 Å². The van der Waals surface area contributed by atoms with Gasteiger partial charge >= 0.3 is 6.09 Å². The standard InChI is InChI=1S/C25H26BrFN4O3S/c1-12-9-17-22(28-21-14-10-18(21)31(11-14)25(33)34)16(7-6-15-5-4-8-30(15)13(2)32)24(35-3)29-23(17)20(27)19(12)26/h9,14-15,18,21H,4-5,8,10-11H2,1-3H3,(H,28,29)(H,33,34)/t14-,15-,18-,21+/m1/s1. The molecule has 1 aromatic heterocycles. The summed E-state index contributed by atoms with van der Waals surface area (Å²) in [6.07, 6.45) is 3.50. The molecule has 7 nitrogen and oxygen atoms in total. The number of thioether (sulfide) groups is 1. The zero-order valence-corrected chi connectivity index (χ0v) is 22.1. The Morgan fingerprint density at radius 2 is 2.14 bits per heavy atom. The minimum absolute atomic E-state index is 0.00391. The number of halogens is 2. The van der Waals surface area contributed by atoms with Crippen molar-refractivity contribution in [2.75, 3.05) is 24.7 Å². The van der Waals surface area contributed by atoms with Crippen LogP contribution in [-0.4, -0.2) is 69.4 Å². The lowest BCUT2D eigenvalue weighted by atomic mass is 9.79. The number of anilines is 1. The topological polar surface area (TPSA) is 85.8 Å². The molecule has 2 amide bonds. The van der Waals surface area contributed by atoms with Gasteiger partial charge in [-0.3, -0.25) is 4.79 Å². The van der Waals surface area contributed by atoms with Crippen molar-refractivity contribution >= 4 is 56.3 Å². The van der Waals surface area contributed by atoms with Crippen LogP contribution in [0.3, 0.4) is 0 Å². The van der Waals surface area contributed by atoms with Crippen molar-refractivity contribution in [2.24, 2.45) is 5.92 Å². The highest BCUT2D eigenvalue weighted by Crippen LogP contribution is 2.45. The number of aryl methyl sites for hydroxylation is 1. The molecular weight excluding hydrogens is 535 g/mol. The van der Waals surface area contributed by atoms with Crippen LogP contribution in [0.4, 0.5) is 14.9 Å². The van der Waals surface area contributed by atoms with Gasteiger partial charge in [0.1, 0.15) is 10.5 Å². The fourth-order valence-electron chi connectivity index (χ4n) is 5.52. The maximum atomic E-state index is 15.3. The van der Waals surface area contributed by atoms with Crippen LogP contribution in [0.15, 0.2) is 15.6 Å². The number of pyridine rings is 1. The number of carboxylic acid groups (broad SMARTS) is 1. The van der Waals surface area contributed by atoms with Gasteiger partial charge in [-0.25, -0.2) is 14.2 Å². The average Bonchev–Trinajstić information content (AvgIpc) is 3.55. The predicted octanol–water partition coefficient (Wildman–Crippen LogP) is 4.69. The smallest absolute Gasteiger partial charge is 0.407 e. The minimum atomic E-state index is -0.914. The van der Waals surface area contributed by atoms with E-state index in [1.165, 1.54) is 16.7 Å². The molecule has 35 heavy (non-hydrogen) atoms. The number of amides is 2. The number of carbonyl (C=O) groups excluding carboxylic acids is 1. The Balaban J connectivity index is 1.65. The number of rotatable bonds is 3. The number of hydrogen-bond acceptors (Lipinski definition) is 5. The van der Waals surface area contributed by atoms with Gasteiger partial charge in [-0.2, -0.15) is 0 Å². The van der Waals surface area contributed by atoms with E-state index in [0.717, 1.165) is 24.8 Å². The van der Waals surface area contributed by atoms with Crippen molar-refractivity contribution in [3.05, 3.63) is 27.5 Å². The highest BCUT2D eigenvalue weighted by Gasteiger charge is 2.54. The normalized spacial score (nSPS) is 24.8. The van der Waals surface area contributed by atoms with E-state index in [4.69, 9.17) is 0 Å². The molecular formula is C25H26BrFN4O3S. The molecule has 1 saturated carbocycles. The number of carbonyl (C=O) groups is 2. The van der Waals surface area contributed by atoms with E-state index in [2.05, 4.69) is 38.1 Å². The van der Waals surface area contributed by atoms with E-state index in [0.29, 0.717) is 39.2 Å². The largest absolute Gasteiger partial charge is 0.465 e. The van der Waals surface area contributed by atoms with Gasteiger partial charge in [0.25, 0.3) is 0 Å². The van der Waals surface area contributed by atoms with Gasteiger partial charge in [-0.05, 0) is 60.0 Å². The zero-order chi connectivity index (χ0) is 25.0. The fourth-order valence-corrected chi connectivity index (χ4v) is 6.37. The molecule has 1 aliphatic carbocycles. The summed E-state index contributed by atoms with van der Waals surface area (Å²) in [6, 6.07) is 1.53. The summed E-state index contributed by atoms with van der Waals surface area (Å²) < 4.78 is 15.7. The van der Waals surface area contributed by atoms with Crippen LogP contribution in [0.5, 0.6) is 0 Å². The van der Waals surface area contributed by atoms with Crippen LogP contribution in [0.25, 0.3) is 10.9 Å². The Hall–Kier alpha value is -2.51. The molecule has 184 valence electrons. The lowest BCUT2D eigenvalue weighted by Gasteiger charge is -2.37. The number of likely N-dealkylation sites (tertiary alicyclic amines) is 1. The van der Waals surface area contributed by atoms with E-state index in [9.17, 15) is 14.7 Å². The predicted molar refractivity (Wildman–Crippen MR) is 137 cm³/mol. The minimum Gasteiger partial charge on any atom is -0.465 e. The molecule has 0 unspecified atom stereocenters. The fraction of sp³-hybridized carbons (Fsp3) is 0.480. The number of hydrogen-bond donors (Lipinski definition) is 2. The third-order valence-corrected chi connectivity index (χ3v) is 9.03. The lowest BCUT2D eigenvalue weighted by molar-refractivity contribution is -0.128. The second-order valence-corrected chi connectivity index (χ2v) is 11.0. The zero-order valence-electron chi connectivity index (χ0n) is 19.7. The molecule has 1 aromatic carbocycles. The molecule has 2 bridgehead atoms. The first-order valence-electron chi connectivity index (χ1n) is 11.6. The molecule has 4 heterocycles. The van der Waals surface area contributed by atoms with Gasteiger partial charge in [-0.15, -0.1) is 11.8 Å². The average molecular weight is 561 g/mol. The van der Waals surface area contributed by atoms with Crippen LogP contribution >= 0.6 is 27.7 Å². The number of benzene rings is 1. The quantitative estimate of drug-likeness (QED) is 0.418. The van der Waals surface area contributed by atoms with Crippen LogP contribution in [-0.2, 0) is 4.79 Å². The molecule has 10 heteroatoms. The van der Waals surface area contributed by atoms with Crippen LogP contribution < -0.4 is 5.32 Å². The Morgan fingerprint density at radius 3 is 2.80 bits per heavy atom. The Bertz CT molecular complexity index is 1310. The Morgan fingerprint density at radius 1 is 1.37 bits per heavy atom. The monoisotopic (exact) mass is 560 g/mol. The van der Waals surface area contributed by atoms with Crippen LogP contribution in [0, 0.1) is 30.5 Å². The summed E-state index contributed by atoms with van der Waals surface area (Å²) in [5, 5.41) is 14.3. The van der Waals surface area contributed by atoms with E-state index in [1.54, 1.807) is 11.8 Å². The number of aromatic nitrogens is 1. The summed E-state index contributed by atoms with van der Waals surface area (Å²) in [5.74, 6) is 6.34. The van der Waals surface area contributed by atoms with Crippen molar-refractivity contribution in [3.63, 3.8) is 0 Å². The van der Waals surface area contributed by atoms with Crippen molar-refractivity contribution in [3.8, 4) is 11.8 Å². The summed E-state index contributed by atoms with van der Waals surface area (Å²) in [7, 11) is 0. The third kappa shape index (κ3) is 4.02. The van der Waals surface area contributed by atoms with Crippen molar-refractivity contribution < 1.29 is 19.1 Å². The van der Waals surface area contributed by atoms with Crippen LogP contribution in [0.2, 0.25) is 0 Å². The van der Waals surface area contributed by atoms with Gasteiger partial charge in [0.15, 0.2) is 5.82 Å². The number of nitrogens with one attached hydrogen (secondary N) is 1. The summed E-state index contributed by atoms with van der Waals surface area (Å²) in [5.41, 5.74) is 2.32. The van der Waals surface area contributed by atoms with Crippen LogP contribution in [0.1, 0.15) is 37.3 Å². The molecule has 2 N–H and O–H groups in total. The Labute approximate surface area is 215 Å². The van der Waals surface area contributed by atoms with E-state index in [-0.39, 0.29) is 35.5 Å². The number of nitrogens with zero attached hydrogens (tertiary/aromatic N) is 3. The molecule has 4 aliphatic rings. The van der Waals surface area contributed by atoms with E-state index >= 15 is 4.39 Å². The SMILES string of the molecule is CSc1nc2c(F)c(Br)c(C)cc2c(N[C@H]2[C@@H]3C[C@H]2N(C(=O)O)C3)c1C#C[C@H]1CCCN1C(C)=O. The second-order valence-electron chi connectivity index (χ2n) is 9.40. The first-order chi connectivity index (χ1) is 16.7. The molecule has 0 radical (unpaired) electrons. The maximum absolute atomic E-state index is 15.3. The lowest BCUT2D eigenvalue weighted by Crippen LogP contribution is -2.49. The van der Waals surface area contributed by atoms with Gasteiger partial charge in [0, 0.05) is 31.3 Å². The molecule has 6 rings (SSSR count). The van der Waals surface area contributed by atoms with Gasteiger partial charge < -0.3 is 20.2 Å². The molecule has 4 fully saturated rings. The molecule has 2 aromatic rings. The Kier molecular flexibility index (Phi) is 6.34. The number of fused-ring (bicyclic) bond motifs is 2. The highest BCUT2D eigenvalue weighted by molar-refractivity contribution is 9.10. The summed E-state index contributed by atoms with van der Waals surface area (Å²) >= 11 is 4.72. The second kappa shape index (κ2) is 9.17. The van der Waals surface area contributed by atoms with Gasteiger partial charge in [0.2, 0.25) is 5.91 Å². The first-order valence-corrected chi connectivity index (χ1v) is 13.6. The van der Waals surface area contributed by atoms with Gasteiger partial charge in [0.05, 0.1) is 33.8 Å². The molecule has 0 spiro atoms. The van der Waals surface area contributed by atoms with Crippen molar-refractivity contribution in [1.82, 2.24) is 14.8 Å². The van der Waals surface area contributed by atoms with Crippen molar-refractivity contribution in [1.29, 1.82) is 0 Å². The summed E-state index contributed by atoms with van der Waals surface area (Å²) in [4.78, 5) is 31.6. The highest BCUT2D eigenvalue weighted by atomic mass is 79.9. The molecule has 3 saturated heterocycles. The van der Waals surface area contributed by atoms with E-state index in [1.807, 2.05) is 19.2 Å². The third-order valence-electron chi connectivity index (χ3n) is 7.38. The first kappa shape index (κ1) is 24.2. The van der Waals surface area contributed by atoms with E-state index < -0.39 is 11.9 Å². The molecule has 4 atom stereocenters.